The number of rotatable bonds is 1. The van der Waals surface area contributed by atoms with Gasteiger partial charge in [-0.15, -0.1) is 0 Å². The molecule has 0 unspecified atom stereocenters. The first-order valence-electron chi connectivity index (χ1n) is 5.37. The Bertz CT molecular complexity index is 337. The number of nitrogens with zero attached hydrogens (tertiary/aromatic N) is 2. The summed E-state index contributed by atoms with van der Waals surface area (Å²) in [6, 6.07) is 2.03. The lowest BCUT2D eigenvalue weighted by atomic mass is 9.77. The van der Waals surface area contributed by atoms with Gasteiger partial charge in [0.25, 0.3) is 0 Å². The minimum Gasteiger partial charge on any atom is -0.343 e. The van der Waals surface area contributed by atoms with E-state index in [-0.39, 0.29) is 11.3 Å². The molecule has 4 heteroatoms. The summed E-state index contributed by atoms with van der Waals surface area (Å²) in [5.41, 5.74) is 1.34. The molecule has 1 N–H and O–H groups in total. The molecular formula is C11H17N3O. The maximum atomic E-state index is 11.2. The van der Waals surface area contributed by atoms with Crippen LogP contribution in [0.5, 0.6) is 0 Å². The van der Waals surface area contributed by atoms with E-state index in [0.717, 1.165) is 25.9 Å². The monoisotopic (exact) mass is 207 g/mol. The second-order valence-electron chi connectivity index (χ2n) is 4.54. The Hall–Kier alpha value is -1.32. The smallest absolute Gasteiger partial charge is 0.219 e. The number of likely N-dealkylation sites (tertiary alicyclic amines) is 1. The van der Waals surface area contributed by atoms with Crippen molar-refractivity contribution in [3.8, 4) is 0 Å². The van der Waals surface area contributed by atoms with Gasteiger partial charge in [-0.2, -0.15) is 5.10 Å². The van der Waals surface area contributed by atoms with Crippen LogP contribution in [-0.4, -0.2) is 34.1 Å². The molecule has 0 saturated carbocycles. The van der Waals surface area contributed by atoms with Crippen LogP contribution in [-0.2, 0) is 10.2 Å². The summed E-state index contributed by atoms with van der Waals surface area (Å²) in [6.07, 6.45) is 3.81. The van der Waals surface area contributed by atoms with Crippen LogP contribution < -0.4 is 0 Å². The summed E-state index contributed by atoms with van der Waals surface area (Å²) in [5, 5.41) is 7.03. The van der Waals surface area contributed by atoms with Crippen molar-refractivity contribution in [3.63, 3.8) is 0 Å². The molecule has 1 aliphatic rings. The summed E-state index contributed by atoms with van der Waals surface area (Å²) in [4.78, 5) is 13.1. The third kappa shape index (κ3) is 1.89. The molecule has 2 rings (SSSR count). The zero-order valence-electron chi connectivity index (χ0n) is 9.29. The molecule has 0 bridgehead atoms. The van der Waals surface area contributed by atoms with Crippen LogP contribution >= 0.6 is 0 Å². The third-order valence-corrected chi connectivity index (χ3v) is 3.46. The minimum absolute atomic E-state index is 0.155. The molecule has 82 valence electrons. The van der Waals surface area contributed by atoms with Gasteiger partial charge in [-0.05, 0) is 18.9 Å². The van der Waals surface area contributed by atoms with Crippen LogP contribution in [0.1, 0.15) is 32.4 Å². The predicted octanol–water partition coefficient (Wildman–Crippen LogP) is 1.31. The summed E-state index contributed by atoms with van der Waals surface area (Å²) >= 11 is 0. The van der Waals surface area contributed by atoms with Gasteiger partial charge < -0.3 is 4.90 Å². The van der Waals surface area contributed by atoms with Crippen molar-refractivity contribution < 1.29 is 4.79 Å². The summed E-state index contributed by atoms with van der Waals surface area (Å²) in [7, 11) is 0. The van der Waals surface area contributed by atoms with E-state index in [1.54, 1.807) is 13.1 Å². The largest absolute Gasteiger partial charge is 0.343 e. The number of H-pyrrole nitrogens is 1. The molecule has 0 atom stereocenters. The zero-order valence-corrected chi connectivity index (χ0v) is 9.29. The van der Waals surface area contributed by atoms with Crippen LogP contribution in [0, 0.1) is 0 Å². The standard InChI is InChI=1S/C11H17N3O/c1-9(15)14-7-4-11(2,5-8-14)10-3-6-12-13-10/h3,6H,4-5,7-8H2,1-2H3,(H,12,13). The van der Waals surface area contributed by atoms with Gasteiger partial charge in [0, 0.05) is 37.3 Å². The number of hydrogen-bond donors (Lipinski definition) is 1. The lowest BCUT2D eigenvalue weighted by molar-refractivity contribution is -0.130. The van der Waals surface area contributed by atoms with E-state index in [1.165, 1.54) is 5.69 Å². The van der Waals surface area contributed by atoms with Gasteiger partial charge in [-0.25, -0.2) is 0 Å². The van der Waals surface area contributed by atoms with Gasteiger partial charge in [-0.3, -0.25) is 9.89 Å². The van der Waals surface area contributed by atoms with Crippen molar-refractivity contribution in [2.75, 3.05) is 13.1 Å². The fourth-order valence-electron chi connectivity index (χ4n) is 2.18. The van der Waals surface area contributed by atoms with Crippen LogP contribution in [0.25, 0.3) is 0 Å². The Balaban J connectivity index is 2.06. The van der Waals surface area contributed by atoms with Gasteiger partial charge in [-0.1, -0.05) is 6.92 Å². The number of aromatic nitrogens is 2. The van der Waals surface area contributed by atoms with E-state index in [9.17, 15) is 4.79 Å². The molecule has 1 aromatic rings. The van der Waals surface area contributed by atoms with Crippen molar-refractivity contribution in [2.24, 2.45) is 0 Å². The number of piperidine rings is 1. The number of nitrogens with one attached hydrogen (secondary N) is 1. The van der Waals surface area contributed by atoms with Crippen LogP contribution in [0.15, 0.2) is 12.3 Å². The van der Waals surface area contributed by atoms with Crippen molar-refractivity contribution >= 4 is 5.91 Å². The average Bonchev–Trinajstić information content (AvgIpc) is 2.71. The van der Waals surface area contributed by atoms with Gasteiger partial charge in [0.1, 0.15) is 0 Å². The van der Waals surface area contributed by atoms with E-state index in [2.05, 4.69) is 17.1 Å². The molecule has 0 radical (unpaired) electrons. The molecule has 0 spiro atoms. The minimum atomic E-state index is 0.155. The molecule has 1 aromatic heterocycles. The maximum absolute atomic E-state index is 11.2. The highest BCUT2D eigenvalue weighted by atomic mass is 16.2. The Morgan fingerprint density at radius 3 is 2.67 bits per heavy atom. The Morgan fingerprint density at radius 2 is 2.20 bits per heavy atom. The Kier molecular flexibility index (Phi) is 2.50. The van der Waals surface area contributed by atoms with Gasteiger partial charge in [0.15, 0.2) is 0 Å². The molecule has 0 aromatic carbocycles. The van der Waals surface area contributed by atoms with Crippen molar-refractivity contribution in [3.05, 3.63) is 18.0 Å². The Labute approximate surface area is 89.7 Å². The van der Waals surface area contributed by atoms with E-state index in [4.69, 9.17) is 0 Å². The quantitative estimate of drug-likeness (QED) is 0.754. The van der Waals surface area contributed by atoms with Crippen LogP contribution in [0.3, 0.4) is 0 Å². The highest BCUT2D eigenvalue weighted by Gasteiger charge is 2.33. The normalized spacial score (nSPS) is 20.3. The molecule has 15 heavy (non-hydrogen) atoms. The van der Waals surface area contributed by atoms with E-state index >= 15 is 0 Å². The lowest BCUT2D eigenvalue weighted by Gasteiger charge is -2.38. The topological polar surface area (TPSA) is 49.0 Å². The summed E-state index contributed by atoms with van der Waals surface area (Å²) in [5.74, 6) is 0.182. The average molecular weight is 207 g/mol. The fraction of sp³-hybridized carbons (Fsp3) is 0.636. The number of amides is 1. The molecule has 4 nitrogen and oxygen atoms in total. The van der Waals surface area contributed by atoms with E-state index in [1.807, 2.05) is 11.0 Å². The first-order valence-corrected chi connectivity index (χ1v) is 5.37. The third-order valence-electron chi connectivity index (χ3n) is 3.46. The summed E-state index contributed by atoms with van der Waals surface area (Å²) < 4.78 is 0. The van der Waals surface area contributed by atoms with Crippen LogP contribution in [0.2, 0.25) is 0 Å². The van der Waals surface area contributed by atoms with Crippen LogP contribution in [0.4, 0.5) is 0 Å². The maximum Gasteiger partial charge on any atom is 0.219 e. The van der Waals surface area contributed by atoms with Gasteiger partial charge in [0.2, 0.25) is 5.91 Å². The molecule has 1 fully saturated rings. The molecule has 1 amide bonds. The second kappa shape index (κ2) is 3.68. The molecular weight excluding hydrogens is 190 g/mol. The van der Waals surface area contributed by atoms with Gasteiger partial charge in [0.05, 0.1) is 0 Å². The Morgan fingerprint density at radius 1 is 1.53 bits per heavy atom. The predicted molar refractivity (Wildman–Crippen MR) is 57.4 cm³/mol. The molecule has 0 aliphatic carbocycles. The lowest BCUT2D eigenvalue weighted by Crippen LogP contribution is -2.43. The number of carbonyl (C=O) groups excluding carboxylic acids is 1. The first-order chi connectivity index (χ1) is 7.12. The number of hydrogen-bond acceptors (Lipinski definition) is 2. The van der Waals surface area contributed by atoms with Crippen molar-refractivity contribution in [2.45, 2.75) is 32.1 Å². The molecule has 2 heterocycles. The second-order valence-corrected chi connectivity index (χ2v) is 4.54. The first kappa shape index (κ1) is 10.2. The highest BCUT2D eigenvalue weighted by molar-refractivity contribution is 5.73. The molecule has 1 saturated heterocycles. The van der Waals surface area contributed by atoms with Crippen molar-refractivity contribution in [1.82, 2.24) is 15.1 Å². The number of carbonyl (C=O) groups is 1. The SMILES string of the molecule is CC(=O)N1CCC(C)(c2ccn[nH]2)CC1. The highest BCUT2D eigenvalue weighted by Crippen LogP contribution is 2.33. The summed E-state index contributed by atoms with van der Waals surface area (Å²) in [6.45, 7) is 5.58. The fourth-order valence-corrected chi connectivity index (χ4v) is 2.18. The van der Waals surface area contributed by atoms with E-state index in [0.29, 0.717) is 0 Å². The molecule has 1 aliphatic heterocycles. The zero-order chi connectivity index (χ0) is 10.9. The van der Waals surface area contributed by atoms with Crippen molar-refractivity contribution in [1.29, 1.82) is 0 Å². The van der Waals surface area contributed by atoms with E-state index < -0.39 is 0 Å². The van der Waals surface area contributed by atoms with Gasteiger partial charge >= 0.3 is 0 Å². The number of aromatic amines is 1.